The molecule has 0 spiro atoms. The van der Waals surface area contributed by atoms with E-state index in [1.807, 2.05) is 24.3 Å². The molecule has 1 fully saturated rings. The molecule has 1 saturated heterocycles. The Morgan fingerprint density at radius 1 is 1.30 bits per heavy atom. The van der Waals surface area contributed by atoms with Gasteiger partial charge in [-0.3, -0.25) is 9.69 Å². The third kappa shape index (κ3) is 3.73. The van der Waals surface area contributed by atoms with E-state index in [1.165, 1.54) is 12.8 Å². The van der Waals surface area contributed by atoms with Gasteiger partial charge in [-0.25, -0.2) is 0 Å². The monoisotopic (exact) mass is 275 g/mol. The molecule has 1 aromatic rings. The standard InChI is InChI=1S/C16H25N3O/c1-3-17-14-9-7-13(8-10-14)16(20)18-12-15-6-5-11-19(15)4-2/h7-10,15,17H,3-6,11-12H2,1-2H3,(H,18,20). The predicted octanol–water partition coefficient (Wildman–Crippen LogP) is 2.33. The predicted molar refractivity (Wildman–Crippen MR) is 83.2 cm³/mol. The van der Waals surface area contributed by atoms with E-state index in [9.17, 15) is 4.79 Å². The van der Waals surface area contributed by atoms with Crippen molar-refractivity contribution in [2.24, 2.45) is 0 Å². The first-order chi connectivity index (χ1) is 9.74. The molecule has 20 heavy (non-hydrogen) atoms. The zero-order valence-corrected chi connectivity index (χ0v) is 12.5. The normalized spacial score (nSPS) is 19.0. The molecular weight excluding hydrogens is 250 g/mol. The molecule has 0 bridgehead atoms. The highest BCUT2D eigenvalue weighted by Crippen LogP contribution is 2.16. The summed E-state index contributed by atoms with van der Waals surface area (Å²) in [5.74, 6) is 0.0241. The van der Waals surface area contributed by atoms with E-state index in [1.54, 1.807) is 0 Å². The van der Waals surface area contributed by atoms with Crippen LogP contribution in [0.3, 0.4) is 0 Å². The summed E-state index contributed by atoms with van der Waals surface area (Å²) in [7, 11) is 0. The van der Waals surface area contributed by atoms with Gasteiger partial charge in [0, 0.05) is 30.4 Å². The molecule has 1 atom stereocenters. The second-order valence-electron chi connectivity index (χ2n) is 5.24. The van der Waals surface area contributed by atoms with Crippen molar-refractivity contribution in [3.05, 3.63) is 29.8 Å². The largest absolute Gasteiger partial charge is 0.385 e. The first-order valence-electron chi connectivity index (χ1n) is 7.60. The van der Waals surface area contributed by atoms with Crippen LogP contribution >= 0.6 is 0 Å². The van der Waals surface area contributed by atoms with Gasteiger partial charge in [0.05, 0.1) is 0 Å². The highest BCUT2D eigenvalue weighted by molar-refractivity contribution is 5.94. The third-order valence-corrected chi connectivity index (χ3v) is 3.93. The summed E-state index contributed by atoms with van der Waals surface area (Å²) in [5.41, 5.74) is 1.78. The fourth-order valence-electron chi connectivity index (χ4n) is 2.80. The minimum Gasteiger partial charge on any atom is -0.385 e. The van der Waals surface area contributed by atoms with E-state index in [0.717, 1.165) is 37.4 Å². The average molecular weight is 275 g/mol. The summed E-state index contributed by atoms with van der Waals surface area (Å²) in [5, 5.41) is 6.28. The second-order valence-corrected chi connectivity index (χ2v) is 5.24. The van der Waals surface area contributed by atoms with Crippen LogP contribution in [0.5, 0.6) is 0 Å². The van der Waals surface area contributed by atoms with Crippen LogP contribution in [0.4, 0.5) is 5.69 Å². The second kappa shape index (κ2) is 7.29. The number of amides is 1. The molecule has 1 aliphatic heterocycles. The molecule has 4 nitrogen and oxygen atoms in total. The molecule has 2 rings (SSSR count). The van der Waals surface area contributed by atoms with Crippen molar-refractivity contribution in [2.45, 2.75) is 32.7 Å². The molecule has 2 N–H and O–H groups in total. The lowest BCUT2D eigenvalue weighted by Gasteiger charge is -2.22. The summed E-state index contributed by atoms with van der Waals surface area (Å²) in [6, 6.07) is 8.16. The fraction of sp³-hybridized carbons (Fsp3) is 0.562. The molecule has 4 heteroatoms. The molecule has 1 aliphatic rings. The maximum atomic E-state index is 12.1. The number of nitrogens with zero attached hydrogens (tertiary/aromatic N) is 1. The van der Waals surface area contributed by atoms with Crippen molar-refractivity contribution >= 4 is 11.6 Å². The van der Waals surface area contributed by atoms with Gasteiger partial charge in [0.25, 0.3) is 5.91 Å². The van der Waals surface area contributed by atoms with Gasteiger partial charge in [0.1, 0.15) is 0 Å². The van der Waals surface area contributed by atoms with Gasteiger partial charge in [0.15, 0.2) is 0 Å². The van der Waals surface area contributed by atoms with Crippen LogP contribution in [0.15, 0.2) is 24.3 Å². The molecule has 0 aromatic heterocycles. The first-order valence-corrected chi connectivity index (χ1v) is 7.60. The maximum absolute atomic E-state index is 12.1. The number of rotatable bonds is 6. The number of likely N-dealkylation sites (N-methyl/N-ethyl adjacent to an activating group) is 1. The van der Waals surface area contributed by atoms with Crippen LogP contribution in [0.25, 0.3) is 0 Å². The van der Waals surface area contributed by atoms with E-state index in [-0.39, 0.29) is 5.91 Å². The number of anilines is 1. The zero-order valence-electron chi connectivity index (χ0n) is 12.5. The van der Waals surface area contributed by atoms with Crippen molar-refractivity contribution in [3.63, 3.8) is 0 Å². The summed E-state index contributed by atoms with van der Waals surface area (Å²) in [6.07, 6.45) is 2.43. The molecule has 0 radical (unpaired) electrons. The molecule has 110 valence electrons. The van der Waals surface area contributed by atoms with Crippen molar-refractivity contribution in [1.29, 1.82) is 0 Å². The smallest absolute Gasteiger partial charge is 0.251 e. The van der Waals surface area contributed by atoms with Gasteiger partial charge in [-0.05, 0) is 57.1 Å². The lowest BCUT2D eigenvalue weighted by atomic mass is 10.1. The number of carbonyl (C=O) groups is 1. The number of likely N-dealkylation sites (tertiary alicyclic amines) is 1. The molecule has 0 saturated carbocycles. The Labute approximate surface area is 121 Å². The summed E-state index contributed by atoms with van der Waals surface area (Å²) in [6.45, 7) is 8.11. The van der Waals surface area contributed by atoms with E-state index >= 15 is 0 Å². The van der Waals surface area contributed by atoms with E-state index in [4.69, 9.17) is 0 Å². The summed E-state index contributed by atoms with van der Waals surface area (Å²) >= 11 is 0. The van der Waals surface area contributed by atoms with Crippen molar-refractivity contribution in [1.82, 2.24) is 10.2 Å². The number of carbonyl (C=O) groups excluding carboxylic acids is 1. The number of hydrogen-bond donors (Lipinski definition) is 2. The Balaban J connectivity index is 1.85. The van der Waals surface area contributed by atoms with Crippen LogP contribution < -0.4 is 10.6 Å². The molecule has 1 unspecified atom stereocenters. The van der Waals surface area contributed by atoms with E-state index in [2.05, 4.69) is 29.4 Å². The third-order valence-electron chi connectivity index (χ3n) is 3.93. The highest BCUT2D eigenvalue weighted by atomic mass is 16.1. The Hall–Kier alpha value is -1.55. The van der Waals surface area contributed by atoms with Gasteiger partial charge in [-0.2, -0.15) is 0 Å². The van der Waals surface area contributed by atoms with Gasteiger partial charge >= 0.3 is 0 Å². The molecule has 1 amide bonds. The fourth-order valence-corrected chi connectivity index (χ4v) is 2.80. The highest BCUT2D eigenvalue weighted by Gasteiger charge is 2.23. The topological polar surface area (TPSA) is 44.4 Å². The minimum atomic E-state index is 0.0241. The lowest BCUT2D eigenvalue weighted by molar-refractivity contribution is 0.0941. The van der Waals surface area contributed by atoms with Crippen LogP contribution in [-0.4, -0.2) is 43.0 Å². The van der Waals surface area contributed by atoms with Crippen LogP contribution in [0, 0.1) is 0 Å². The Kier molecular flexibility index (Phi) is 5.41. The number of benzene rings is 1. The summed E-state index contributed by atoms with van der Waals surface area (Å²) < 4.78 is 0. The lowest BCUT2D eigenvalue weighted by Crippen LogP contribution is -2.40. The van der Waals surface area contributed by atoms with Gasteiger partial charge in [-0.1, -0.05) is 6.92 Å². The van der Waals surface area contributed by atoms with Crippen LogP contribution in [0.1, 0.15) is 37.0 Å². The first kappa shape index (κ1) is 14.9. The van der Waals surface area contributed by atoms with Gasteiger partial charge in [-0.15, -0.1) is 0 Å². The average Bonchev–Trinajstić information content (AvgIpc) is 2.93. The Morgan fingerprint density at radius 2 is 2.05 bits per heavy atom. The molecular formula is C16H25N3O. The zero-order chi connectivity index (χ0) is 14.4. The van der Waals surface area contributed by atoms with Crippen molar-refractivity contribution < 1.29 is 4.79 Å². The molecule has 1 aromatic carbocycles. The Morgan fingerprint density at radius 3 is 2.70 bits per heavy atom. The van der Waals surface area contributed by atoms with E-state index < -0.39 is 0 Å². The molecule has 1 heterocycles. The van der Waals surface area contributed by atoms with Crippen molar-refractivity contribution in [2.75, 3.05) is 31.5 Å². The van der Waals surface area contributed by atoms with Gasteiger partial charge in [0.2, 0.25) is 0 Å². The van der Waals surface area contributed by atoms with Crippen LogP contribution in [-0.2, 0) is 0 Å². The molecule has 0 aliphatic carbocycles. The maximum Gasteiger partial charge on any atom is 0.251 e. The minimum absolute atomic E-state index is 0.0241. The number of hydrogen-bond acceptors (Lipinski definition) is 3. The SMILES string of the molecule is CCNc1ccc(C(=O)NCC2CCCN2CC)cc1. The Bertz CT molecular complexity index is 430. The number of nitrogens with one attached hydrogen (secondary N) is 2. The van der Waals surface area contributed by atoms with Gasteiger partial charge < -0.3 is 10.6 Å². The van der Waals surface area contributed by atoms with Crippen molar-refractivity contribution in [3.8, 4) is 0 Å². The summed E-state index contributed by atoms with van der Waals surface area (Å²) in [4.78, 5) is 14.6. The quantitative estimate of drug-likeness (QED) is 0.837. The van der Waals surface area contributed by atoms with E-state index in [0.29, 0.717) is 6.04 Å². The van der Waals surface area contributed by atoms with Crippen LogP contribution in [0.2, 0.25) is 0 Å².